The number of phenolic OH excluding ortho intramolecular Hbond substituents is 1. The van der Waals surface area contributed by atoms with E-state index >= 15 is 0 Å². The van der Waals surface area contributed by atoms with Crippen LogP contribution in [-0.2, 0) is 12.4 Å². The summed E-state index contributed by atoms with van der Waals surface area (Å²) in [6.07, 6.45) is -11.0. The van der Waals surface area contributed by atoms with Crippen LogP contribution in [0.1, 0.15) is 11.1 Å². The Morgan fingerprint density at radius 2 is 1.42 bits per heavy atom. The third-order valence-corrected chi connectivity index (χ3v) is 6.32. The molecule has 0 aliphatic heterocycles. The predicted octanol–water partition coefficient (Wildman–Crippen LogP) is 9.22. The Bertz CT molecular complexity index is 1880. The number of para-hydroxylation sites is 1. The Kier molecular flexibility index (Phi) is 7.21. The summed E-state index contributed by atoms with van der Waals surface area (Å²) in [5, 5.41) is 38.7. The van der Waals surface area contributed by atoms with Crippen molar-refractivity contribution in [3.63, 3.8) is 0 Å². The minimum atomic E-state index is -4.76. The number of halogens is 6. The summed E-state index contributed by atoms with van der Waals surface area (Å²) in [7, 11) is 0. The summed E-state index contributed by atoms with van der Waals surface area (Å²) in [5.41, 5.74) is -2.24. The van der Waals surface area contributed by atoms with Crippen LogP contribution in [0.4, 0.5) is 42.5 Å². The molecule has 0 fully saturated rings. The van der Waals surface area contributed by atoms with Crippen LogP contribution >= 0.6 is 0 Å². The van der Waals surface area contributed by atoms with Crippen LogP contribution in [0, 0.1) is 0 Å². The van der Waals surface area contributed by atoms with E-state index in [2.05, 4.69) is 15.0 Å². The number of hydrogen-bond donors (Lipinski definition) is 3. The number of azo groups is 1. The van der Waals surface area contributed by atoms with Gasteiger partial charge in [0.05, 0.1) is 16.6 Å². The van der Waals surface area contributed by atoms with Gasteiger partial charge >= 0.3 is 18.5 Å². The highest BCUT2D eigenvalue weighted by Crippen LogP contribution is 2.45. The van der Waals surface area contributed by atoms with Gasteiger partial charge in [-0.25, -0.2) is 4.79 Å². The zero-order valence-electron chi connectivity index (χ0n) is 21.4. The molecule has 0 saturated heterocycles. The van der Waals surface area contributed by atoms with Crippen molar-refractivity contribution in [1.82, 2.24) is 4.57 Å². The Hall–Kier alpha value is -5.53. The largest absolute Gasteiger partial charge is 0.511 e. The van der Waals surface area contributed by atoms with E-state index in [0.717, 1.165) is 47.0 Å². The summed E-state index contributed by atoms with van der Waals surface area (Å²) in [6.45, 7) is 0. The first-order chi connectivity index (χ1) is 20.2. The van der Waals surface area contributed by atoms with E-state index < -0.39 is 41.3 Å². The lowest BCUT2D eigenvalue weighted by Crippen LogP contribution is -2.06. The van der Waals surface area contributed by atoms with E-state index in [1.165, 1.54) is 36.4 Å². The van der Waals surface area contributed by atoms with Crippen molar-refractivity contribution in [3.8, 4) is 34.2 Å². The quantitative estimate of drug-likeness (QED) is 0.0804. The first kappa shape index (κ1) is 29.0. The lowest BCUT2D eigenvalue weighted by Gasteiger charge is -2.11. The third-order valence-electron chi connectivity index (χ3n) is 6.32. The zero-order valence-corrected chi connectivity index (χ0v) is 21.4. The minimum Gasteiger partial charge on any atom is -0.505 e. The van der Waals surface area contributed by atoms with E-state index in [-0.39, 0.29) is 39.3 Å². The van der Waals surface area contributed by atoms with Crippen LogP contribution in [0.25, 0.3) is 27.7 Å². The van der Waals surface area contributed by atoms with Gasteiger partial charge in [0, 0.05) is 16.6 Å². The van der Waals surface area contributed by atoms with Crippen molar-refractivity contribution in [1.29, 1.82) is 0 Å². The molecule has 0 unspecified atom stereocenters. The monoisotopic (exact) mass is 601 g/mol. The standard InChI is InChI=1S/C29H17F6N3O5/c30-28(31,32)16-7-10-18(11-8-16)38-23-14-17(29(33,34)35)9-12-21(23)24(26(38)40)37-36-22-6-2-5-20(25(22)39)15-3-1-4-19(13-15)43-27(41)42/h1-14,39-40H,(H,41,42). The molecule has 0 aliphatic rings. The summed E-state index contributed by atoms with van der Waals surface area (Å²) < 4.78 is 85.3. The number of carboxylic acid groups (broad SMARTS) is 1. The van der Waals surface area contributed by atoms with Crippen LogP contribution < -0.4 is 4.74 Å². The zero-order chi connectivity index (χ0) is 31.1. The highest BCUT2D eigenvalue weighted by atomic mass is 19.4. The molecule has 4 aromatic carbocycles. The number of alkyl halides is 6. The molecule has 0 bridgehead atoms. The molecule has 5 rings (SSSR count). The molecule has 5 aromatic rings. The van der Waals surface area contributed by atoms with Gasteiger partial charge in [-0.1, -0.05) is 24.3 Å². The highest BCUT2D eigenvalue weighted by molar-refractivity contribution is 5.97. The lowest BCUT2D eigenvalue weighted by molar-refractivity contribution is -0.138. The molecule has 0 saturated carbocycles. The molecule has 0 atom stereocenters. The fourth-order valence-corrected chi connectivity index (χ4v) is 4.37. The molecule has 0 spiro atoms. The van der Waals surface area contributed by atoms with Crippen molar-refractivity contribution < 1.29 is 51.2 Å². The normalized spacial score (nSPS) is 12.2. The van der Waals surface area contributed by atoms with E-state index in [1.54, 1.807) is 6.07 Å². The summed E-state index contributed by atoms with van der Waals surface area (Å²) in [5.74, 6) is -1.13. The number of aromatic hydroxyl groups is 2. The van der Waals surface area contributed by atoms with E-state index in [9.17, 15) is 41.4 Å². The second kappa shape index (κ2) is 10.7. The Morgan fingerprint density at radius 1 is 0.767 bits per heavy atom. The number of fused-ring (bicyclic) bond motifs is 1. The number of nitrogens with zero attached hydrogens (tertiary/aromatic N) is 3. The molecule has 14 heteroatoms. The van der Waals surface area contributed by atoms with E-state index in [1.807, 2.05) is 0 Å². The van der Waals surface area contributed by atoms with Gasteiger partial charge in [0.1, 0.15) is 11.4 Å². The van der Waals surface area contributed by atoms with Gasteiger partial charge in [-0.15, -0.1) is 10.2 Å². The van der Waals surface area contributed by atoms with Gasteiger partial charge in [0.25, 0.3) is 0 Å². The molecule has 1 aromatic heterocycles. The molecule has 0 aliphatic carbocycles. The van der Waals surface area contributed by atoms with E-state index in [0.29, 0.717) is 5.56 Å². The molecular formula is C29H17F6N3O5. The topological polar surface area (TPSA) is 117 Å². The molecule has 1 heterocycles. The Balaban J connectivity index is 1.61. The Labute approximate surface area is 237 Å². The summed E-state index contributed by atoms with van der Waals surface area (Å²) in [4.78, 5) is 10.9. The number of phenols is 1. The third kappa shape index (κ3) is 5.80. The van der Waals surface area contributed by atoms with Crippen LogP contribution in [-0.4, -0.2) is 26.0 Å². The number of hydrogen-bond acceptors (Lipinski definition) is 6. The van der Waals surface area contributed by atoms with Crippen LogP contribution in [0.5, 0.6) is 17.4 Å². The average Bonchev–Trinajstić information content (AvgIpc) is 3.21. The van der Waals surface area contributed by atoms with Gasteiger partial charge in [-0.3, -0.25) is 4.57 Å². The molecule has 0 radical (unpaired) electrons. The molecule has 220 valence electrons. The maximum absolute atomic E-state index is 13.5. The number of rotatable bonds is 5. The Morgan fingerprint density at radius 3 is 2.07 bits per heavy atom. The first-order valence-electron chi connectivity index (χ1n) is 12.1. The van der Waals surface area contributed by atoms with Crippen molar-refractivity contribution in [2.75, 3.05) is 0 Å². The predicted molar refractivity (Wildman–Crippen MR) is 141 cm³/mol. The smallest absolute Gasteiger partial charge is 0.505 e. The average molecular weight is 601 g/mol. The van der Waals surface area contributed by atoms with Crippen molar-refractivity contribution in [2.24, 2.45) is 10.2 Å². The van der Waals surface area contributed by atoms with Gasteiger partial charge in [0.2, 0.25) is 5.88 Å². The molecule has 0 amide bonds. The SMILES string of the molecule is O=C(O)Oc1cccc(-c2cccc(N=Nc3c(O)n(-c4ccc(C(F)(F)F)cc4)c4cc(C(F)(F)F)ccc34)c2O)c1. The number of benzene rings is 4. The second-order valence-electron chi connectivity index (χ2n) is 9.05. The van der Waals surface area contributed by atoms with Gasteiger partial charge in [-0.2, -0.15) is 26.3 Å². The van der Waals surface area contributed by atoms with Crippen molar-refractivity contribution in [2.45, 2.75) is 12.4 Å². The van der Waals surface area contributed by atoms with Gasteiger partial charge in [-0.05, 0) is 66.2 Å². The number of carbonyl (C=O) groups is 1. The lowest BCUT2D eigenvalue weighted by atomic mass is 10.0. The second-order valence-corrected chi connectivity index (χ2v) is 9.05. The molecule has 8 nitrogen and oxygen atoms in total. The fraction of sp³-hybridized carbons (Fsp3) is 0.0690. The molecule has 3 N–H and O–H groups in total. The van der Waals surface area contributed by atoms with Crippen molar-refractivity contribution >= 4 is 28.4 Å². The highest BCUT2D eigenvalue weighted by Gasteiger charge is 2.33. The van der Waals surface area contributed by atoms with E-state index in [4.69, 9.17) is 5.11 Å². The minimum absolute atomic E-state index is 0.0108. The summed E-state index contributed by atoms with van der Waals surface area (Å²) in [6, 6.07) is 16.1. The van der Waals surface area contributed by atoms with Crippen LogP contribution in [0.3, 0.4) is 0 Å². The first-order valence-corrected chi connectivity index (χ1v) is 12.1. The van der Waals surface area contributed by atoms with Crippen molar-refractivity contribution in [3.05, 3.63) is 96.1 Å². The maximum Gasteiger partial charge on any atom is 0.511 e. The van der Waals surface area contributed by atoms with Gasteiger partial charge < -0.3 is 20.1 Å². The fourth-order valence-electron chi connectivity index (χ4n) is 4.37. The number of aromatic nitrogens is 1. The van der Waals surface area contributed by atoms with Crippen LogP contribution in [0.15, 0.2) is 95.2 Å². The number of ether oxygens (including phenoxy) is 1. The molecular weight excluding hydrogens is 584 g/mol. The maximum atomic E-state index is 13.5. The van der Waals surface area contributed by atoms with Crippen LogP contribution in [0.2, 0.25) is 0 Å². The summed E-state index contributed by atoms with van der Waals surface area (Å²) >= 11 is 0. The van der Waals surface area contributed by atoms with Gasteiger partial charge in [0.15, 0.2) is 11.4 Å². The molecule has 43 heavy (non-hydrogen) atoms.